The monoisotopic (exact) mass is 894 g/mol. The van der Waals surface area contributed by atoms with Crippen molar-refractivity contribution in [2.24, 2.45) is 11.8 Å². The van der Waals surface area contributed by atoms with Crippen LogP contribution in [0.25, 0.3) is 60.9 Å². The van der Waals surface area contributed by atoms with E-state index in [1.165, 1.54) is 55.3 Å². The molecular formula is C68H50N2. The number of anilines is 6. The minimum absolute atomic E-state index is 0.398. The van der Waals surface area contributed by atoms with Crippen LogP contribution in [-0.2, 0) is 0 Å². The molecule has 2 aliphatic carbocycles. The van der Waals surface area contributed by atoms with Crippen molar-refractivity contribution in [3.05, 3.63) is 297 Å². The predicted octanol–water partition coefficient (Wildman–Crippen LogP) is 18.8. The van der Waals surface area contributed by atoms with E-state index >= 15 is 0 Å². The molecule has 0 saturated carbocycles. The molecule has 0 aliphatic heterocycles. The van der Waals surface area contributed by atoms with Crippen LogP contribution in [0.4, 0.5) is 34.1 Å². The molecular weight excluding hydrogens is 845 g/mol. The van der Waals surface area contributed by atoms with E-state index in [0.29, 0.717) is 11.8 Å². The molecule has 12 rings (SSSR count). The van der Waals surface area contributed by atoms with E-state index in [1.54, 1.807) is 0 Å². The van der Waals surface area contributed by atoms with Gasteiger partial charge < -0.3 is 9.80 Å². The Morgan fingerprint density at radius 2 is 0.571 bits per heavy atom. The third-order valence-corrected chi connectivity index (χ3v) is 13.8. The quantitative estimate of drug-likeness (QED) is 0.128. The summed E-state index contributed by atoms with van der Waals surface area (Å²) in [5.74, 6) is 0.835. The molecule has 0 bridgehead atoms. The van der Waals surface area contributed by atoms with Crippen LogP contribution in [0.15, 0.2) is 291 Å². The molecule has 2 nitrogen and oxygen atoms in total. The number of nitrogens with zero attached hydrogens (tertiary/aromatic N) is 2. The first-order valence-electron chi connectivity index (χ1n) is 24.2. The van der Waals surface area contributed by atoms with E-state index in [9.17, 15) is 0 Å². The Hall–Kier alpha value is -8.98. The van der Waals surface area contributed by atoms with Crippen LogP contribution in [0.5, 0.6) is 0 Å². The van der Waals surface area contributed by atoms with Gasteiger partial charge >= 0.3 is 0 Å². The second-order valence-electron chi connectivity index (χ2n) is 18.2. The topological polar surface area (TPSA) is 6.48 Å². The number of rotatable bonds is 11. The smallest absolute Gasteiger partial charge is 0.0462 e. The highest BCUT2D eigenvalue weighted by Gasteiger charge is 2.20. The predicted molar refractivity (Wildman–Crippen MR) is 297 cm³/mol. The van der Waals surface area contributed by atoms with E-state index in [1.807, 2.05) is 0 Å². The molecule has 10 aromatic carbocycles. The Labute approximate surface area is 411 Å². The maximum atomic E-state index is 2.40. The van der Waals surface area contributed by atoms with Crippen molar-refractivity contribution in [3.63, 3.8) is 0 Å². The highest BCUT2D eigenvalue weighted by Crippen LogP contribution is 2.41. The van der Waals surface area contributed by atoms with Gasteiger partial charge in [0.1, 0.15) is 0 Å². The third kappa shape index (κ3) is 8.71. The molecule has 0 aromatic heterocycles. The van der Waals surface area contributed by atoms with Crippen molar-refractivity contribution in [1.82, 2.24) is 0 Å². The Morgan fingerprint density at radius 1 is 0.243 bits per heavy atom. The van der Waals surface area contributed by atoms with Crippen LogP contribution >= 0.6 is 0 Å². The zero-order valence-corrected chi connectivity index (χ0v) is 38.8. The first kappa shape index (κ1) is 42.4. The van der Waals surface area contributed by atoms with Crippen molar-refractivity contribution in [1.29, 1.82) is 0 Å². The number of hydrogen-bond donors (Lipinski definition) is 0. The summed E-state index contributed by atoms with van der Waals surface area (Å²) in [7, 11) is 0. The largest absolute Gasteiger partial charge is 0.311 e. The normalized spacial score (nSPS) is 14.8. The minimum atomic E-state index is 0.398. The van der Waals surface area contributed by atoms with Gasteiger partial charge in [-0.05, 0) is 145 Å². The number of hydrogen-bond acceptors (Lipinski definition) is 2. The fourth-order valence-electron chi connectivity index (χ4n) is 10.0. The van der Waals surface area contributed by atoms with Gasteiger partial charge in [-0.15, -0.1) is 0 Å². The van der Waals surface area contributed by atoms with Gasteiger partial charge in [-0.25, -0.2) is 0 Å². The standard InChI is InChI=1S/C68H50N2/c1-3-11-49(12-4-1)53-23-35-63(36-24-53)69(67-43-31-57(32-44-67)61-21-19-51-15-7-9-17-59(51)47-61)65-39-27-55(28-40-65)56-29-41-66(42-30-56)70(64-37-25-54(26-38-64)50-13-5-2-6-14-50)68-45-33-58(34-46-68)62-22-20-52-16-8-10-18-60(52)48-62/h1-48,51,59H. The molecule has 0 radical (unpaired) electrons. The first-order valence-corrected chi connectivity index (χ1v) is 24.2. The van der Waals surface area contributed by atoms with Gasteiger partial charge in [0.2, 0.25) is 0 Å². The van der Waals surface area contributed by atoms with Crippen molar-refractivity contribution in [2.75, 3.05) is 9.80 Å². The fourth-order valence-corrected chi connectivity index (χ4v) is 10.0. The number of allylic oxidation sites excluding steroid dienone is 8. The fraction of sp³-hybridized carbons (Fsp3) is 0.0294. The molecule has 0 spiro atoms. The zero-order valence-electron chi connectivity index (χ0n) is 38.8. The second-order valence-corrected chi connectivity index (χ2v) is 18.2. The van der Waals surface area contributed by atoms with Gasteiger partial charge in [-0.2, -0.15) is 0 Å². The first-order chi connectivity index (χ1) is 34.7. The van der Waals surface area contributed by atoms with Crippen molar-refractivity contribution >= 4 is 50.5 Å². The molecule has 332 valence electrons. The summed E-state index contributed by atoms with van der Waals surface area (Å²) in [5.41, 5.74) is 18.6. The summed E-state index contributed by atoms with van der Waals surface area (Å²) >= 11 is 0. The van der Waals surface area contributed by atoms with Gasteiger partial charge in [0.15, 0.2) is 0 Å². The minimum Gasteiger partial charge on any atom is -0.311 e. The van der Waals surface area contributed by atoms with E-state index < -0.39 is 0 Å². The molecule has 2 unspecified atom stereocenters. The molecule has 2 atom stereocenters. The maximum Gasteiger partial charge on any atom is 0.0462 e. The van der Waals surface area contributed by atoms with Crippen molar-refractivity contribution < 1.29 is 0 Å². The summed E-state index contributed by atoms with van der Waals surface area (Å²) in [5, 5.41) is 2.49. The van der Waals surface area contributed by atoms with Gasteiger partial charge in [-0.3, -0.25) is 0 Å². The average molecular weight is 895 g/mol. The van der Waals surface area contributed by atoms with E-state index in [2.05, 4.69) is 301 Å². The Kier molecular flexibility index (Phi) is 11.5. The highest BCUT2D eigenvalue weighted by molar-refractivity contribution is 5.89. The lowest BCUT2D eigenvalue weighted by Gasteiger charge is -2.27. The molecule has 2 heteroatoms. The van der Waals surface area contributed by atoms with Crippen LogP contribution < -0.4 is 9.80 Å². The highest BCUT2D eigenvalue weighted by atomic mass is 15.1. The van der Waals surface area contributed by atoms with Gasteiger partial charge in [-0.1, -0.05) is 212 Å². The zero-order chi connectivity index (χ0) is 46.6. The summed E-state index contributed by atoms with van der Waals surface area (Å²) in [6, 6.07) is 90.2. The summed E-state index contributed by atoms with van der Waals surface area (Å²) in [6.07, 6.45) is 15.9. The molecule has 0 heterocycles. The molecule has 70 heavy (non-hydrogen) atoms. The Bertz CT molecular complexity index is 3530. The van der Waals surface area contributed by atoms with Crippen LogP contribution in [0.2, 0.25) is 0 Å². The Morgan fingerprint density at radius 3 is 1.00 bits per heavy atom. The summed E-state index contributed by atoms with van der Waals surface area (Å²) < 4.78 is 0. The van der Waals surface area contributed by atoms with Crippen molar-refractivity contribution in [3.8, 4) is 44.5 Å². The molecule has 0 amide bonds. The lowest BCUT2D eigenvalue weighted by molar-refractivity contribution is 0.663. The van der Waals surface area contributed by atoms with Gasteiger partial charge in [0, 0.05) is 46.0 Å². The average Bonchev–Trinajstić information content (AvgIpc) is 3.44. The number of fused-ring (bicyclic) bond motifs is 2. The molecule has 0 N–H and O–H groups in total. The summed E-state index contributed by atoms with van der Waals surface area (Å²) in [6.45, 7) is 0. The van der Waals surface area contributed by atoms with E-state index in [-0.39, 0.29) is 0 Å². The third-order valence-electron chi connectivity index (χ3n) is 13.8. The van der Waals surface area contributed by atoms with Crippen LogP contribution in [0.1, 0.15) is 5.56 Å². The number of benzene rings is 10. The van der Waals surface area contributed by atoms with E-state index in [0.717, 1.165) is 45.3 Å². The lowest BCUT2D eigenvalue weighted by Crippen LogP contribution is -2.11. The van der Waals surface area contributed by atoms with Crippen LogP contribution in [-0.4, -0.2) is 0 Å². The van der Waals surface area contributed by atoms with Gasteiger partial charge in [0.25, 0.3) is 0 Å². The van der Waals surface area contributed by atoms with Crippen LogP contribution in [0, 0.1) is 11.8 Å². The molecule has 2 aliphatic rings. The van der Waals surface area contributed by atoms with Gasteiger partial charge in [0.05, 0.1) is 0 Å². The Balaban J connectivity index is 0.849. The molecule has 0 saturated heterocycles. The van der Waals surface area contributed by atoms with Crippen molar-refractivity contribution in [2.45, 2.75) is 0 Å². The van der Waals surface area contributed by atoms with Crippen LogP contribution in [0.3, 0.4) is 0 Å². The second kappa shape index (κ2) is 19.0. The maximum absolute atomic E-state index is 2.40. The summed E-state index contributed by atoms with van der Waals surface area (Å²) in [4.78, 5) is 4.70. The molecule has 0 fully saturated rings. The van der Waals surface area contributed by atoms with E-state index in [4.69, 9.17) is 0 Å². The lowest BCUT2D eigenvalue weighted by atomic mass is 9.81. The SMILES string of the molecule is C1=CC2C=CC(c3ccc(N(c4ccc(-c5ccccc5)cc4)c4ccc(-c5ccc(N(c6ccc(-c7ccccc7)cc6)c6ccc(-c7ccc8ccccc8c7)cc6)cc5)cc4)cc3)=CC2C=C1. The molecule has 10 aromatic rings.